The molecule has 3 heteroatoms. The molecular formula is C16H27N3. The second kappa shape index (κ2) is 7.59. The van der Waals surface area contributed by atoms with Crippen molar-refractivity contribution >= 4 is 0 Å². The Balaban J connectivity index is 1.91. The summed E-state index contributed by atoms with van der Waals surface area (Å²) in [6.45, 7) is 6.26. The van der Waals surface area contributed by atoms with E-state index in [2.05, 4.69) is 24.1 Å². The summed E-state index contributed by atoms with van der Waals surface area (Å²) in [4.78, 5) is 9.23. The lowest BCUT2D eigenvalue weighted by Crippen LogP contribution is -2.17. The van der Waals surface area contributed by atoms with E-state index < -0.39 is 0 Å². The van der Waals surface area contributed by atoms with Crippen molar-refractivity contribution < 1.29 is 0 Å². The maximum absolute atomic E-state index is 4.73. The fourth-order valence-corrected chi connectivity index (χ4v) is 3.08. The van der Waals surface area contributed by atoms with Crippen LogP contribution >= 0.6 is 0 Å². The van der Waals surface area contributed by atoms with Crippen LogP contribution in [0.25, 0.3) is 0 Å². The van der Waals surface area contributed by atoms with E-state index in [1.807, 2.05) is 12.3 Å². The fraction of sp³-hybridized carbons (Fsp3) is 0.750. The molecule has 0 amide bonds. The fourth-order valence-electron chi connectivity index (χ4n) is 3.08. The number of hydrogen-bond donors (Lipinski definition) is 1. The van der Waals surface area contributed by atoms with Crippen molar-refractivity contribution in [2.45, 2.75) is 64.8 Å². The van der Waals surface area contributed by atoms with Crippen LogP contribution in [-0.2, 0) is 6.54 Å². The van der Waals surface area contributed by atoms with Crippen molar-refractivity contribution in [2.75, 3.05) is 6.54 Å². The topological polar surface area (TPSA) is 37.8 Å². The molecule has 1 aromatic rings. The zero-order chi connectivity index (χ0) is 13.5. The van der Waals surface area contributed by atoms with E-state index >= 15 is 0 Å². The first-order valence-corrected chi connectivity index (χ1v) is 7.86. The van der Waals surface area contributed by atoms with Gasteiger partial charge in [0.1, 0.15) is 5.82 Å². The van der Waals surface area contributed by atoms with Gasteiger partial charge in [0.05, 0.1) is 5.69 Å². The van der Waals surface area contributed by atoms with E-state index in [0.29, 0.717) is 5.92 Å². The first-order chi connectivity index (χ1) is 9.33. The summed E-state index contributed by atoms with van der Waals surface area (Å²) in [5.41, 5.74) is 1.13. The van der Waals surface area contributed by atoms with Gasteiger partial charge in [-0.25, -0.2) is 9.97 Å². The minimum Gasteiger partial charge on any atom is -0.311 e. The summed E-state index contributed by atoms with van der Waals surface area (Å²) in [6, 6.07) is 2.02. The van der Waals surface area contributed by atoms with E-state index in [1.165, 1.54) is 38.5 Å². The van der Waals surface area contributed by atoms with Crippen LogP contribution in [0.3, 0.4) is 0 Å². The Kier molecular flexibility index (Phi) is 5.77. The van der Waals surface area contributed by atoms with Gasteiger partial charge in [0.2, 0.25) is 0 Å². The maximum atomic E-state index is 4.73. The Labute approximate surface area is 117 Å². The van der Waals surface area contributed by atoms with Gasteiger partial charge in [-0.15, -0.1) is 0 Å². The first kappa shape index (κ1) is 14.4. The number of nitrogens with zero attached hydrogens (tertiary/aromatic N) is 2. The highest BCUT2D eigenvalue weighted by atomic mass is 14.9. The largest absolute Gasteiger partial charge is 0.311 e. The monoisotopic (exact) mass is 261 g/mol. The molecule has 0 atom stereocenters. The Morgan fingerprint density at radius 3 is 2.68 bits per heavy atom. The van der Waals surface area contributed by atoms with Crippen LogP contribution in [0.5, 0.6) is 0 Å². The number of nitrogens with one attached hydrogen (secondary N) is 1. The molecule has 2 rings (SSSR count). The SMILES string of the molecule is CCCC1CCC(c2nccc(CNCC)n2)CC1. The van der Waals surface area contributed by atoms with E-state index in [0.717, 1.165) is 30.5 Å². The molecule has 0 spiro atoms. The van der Waals surface area contributed by atoms with Gasteiger partial charge in [0, 0.05) is 18.7 Å². The van der Waals surface area contributed by atoms with Gasteiger partial charge in [-0.2, -0.15) is 0 Å². The summed E-state index contributed by atoms with van der Waals surface area (Å²) in [5.74, 6) is 2.62. The lowest BCUT2D eigenvalue weighted by Gasteiger charge is -2.27. The van der Waals surface area contributed by atoms with Crippen molar-refractivity contribution in [1.82, 2.24) is 15.3 Å². The van der Waals surface area contributed by atoms with Crippen LogP contribution in [0.15, 0.2) is 12.3 Å². The van der Waals surface area contributed by atoms with E-state index in [4.69, 9.17) is 4.98 Å². The molecule has 1 N–H and O–H groups in total. The molecule has 1 aliphatic carbocycles. The van der Waals surface area contributed by atoms with Gasteiger partial charge in [0.25, 0.3) is 0 Å². The zero-order valence-corrected chi connectivity index (χ0v) is 12.4. The Morgan fingerprint density at radius 2 is 2.00 bits per heavy atom. The summed E-state index contributed by atoms with van der Waals surface area (Å²) in [7, 11) is 0. The van der Waals surface area contributed by atoms with Crippen molar-refractivity contribution in [3.05, 3.63) is 23.8 Å². The summed E-state index contributed by atoms with van der Waals surface area (Å²) in [5, 5.41) is 3.33. The third kappa shape index (κ3) is 4.27. The third-order valence-corrected chi connectivity index (χ3v) is 4.20. The van der Waals surface area contributed by atoms with Crippen LogP contribution in [0, 0.1) is 5.92 Å². The molecule has 1 aromatic heterocycles. The normalized spacial score (nSPS) is 23.5. The second-order valence-electron chi connectivity index (χ2n) is 5.69. The molecule has 0 aromatic carbocycles. The molecule has 3 nitrogen and oxygen atoms in total. The molecule has 0 saturated heterocycles. The molecule has 1 saturated carbocycles. The minimum atomic E-state index is 0.592. The Bertz CT molecular complexity index is 370. The predicted molar refractivity (Wildman–Crippen MR) is 79.0 cm³/mol. The van der Waals surface area contributed by atoms with Crippen molar-refractivity contribution in [2.24, 2.45) is 5.92 Å². The Morgan fingerprint density at radius 1 is 1.21 bits per heavy atom. The van der Waals surface area contributed by atoms with E-state index in [-0.39, 0.29) is 0 Å². The van der Waals surface area contributed by atoms with Gasteiger partial charge in [-0.05, 0) is 44.2 Å². The quantitative estimate of drug-likeness (QED) is 0.849. The molecule has 1 aliphatic rings. The number of rotatable bonds is 6. The van der Waals surface area contributed by atoms with Crippen LogP contribution in [-0.4, -0.2) is 16.5 Å². The van der Waals surface area contributed by atoms with Gasteiger partial charge in [0.15, 0.2) is 0 Å². The van der Waals surface area contributed by atoms with Gasteiger partial charge in [-0.1, -0.05) is 26.7 Å². The predicted octanol–water partition coefficient (Wildman–Crippen LogP) is 3.66. The van der Waals surface area contributed by atoms with Gasteiger partial charge in [-0.3, -0.25) is 0 Å². The molecule has 1 fully saturated rings. The zero-order valence-electron chi connectivity index (χ0n) is 12.4. The lowest BCUT2D eigenvalue weighted by atomic mass is 9.80. The standard InChI is InChI=1S/C16H27N3/c1-3-5-13-6-8-14(9-7-13)16-18-11-10-15(19-16)12-17-4-2/h10-11,13-14,17H,3-9,12H2,1-2H3. The van der Waals surface area contributed by atoms with Crippen LogP contribution in [0.4, 0.5) is 0 Å². The molecule has 0 radical (unpaired) electrons. The average molecular weight is 261 g/mol. The van der Waals surface area contributed by atoms with Crippen LogP contribution < -0.4 is 5.32 Å². The maximum Gasteiger partial charge on any atom is 0.131 e. The van der Waals surface area contributed by atoms with Crippen molar-refractivity contribution in [3.63, 3.8) is 0 Å². The molecule has 0 unspecified atom stereocenters. The minimum absolute atomic E-state index is 0.592. The van der Waals surface area contributed by atoms with Crippen molar-refractivity contribution in [1.29, 1.82) is 0 Å². The molecule has 106 valence electrons. The second-order valence-corrected chi connectivity index (χ2v) is 5.69. The van der Waals surface area contributed by atoms with Crippen LogP contribution in [0.1, 0.15) is 69.8 Å². The highest BCUT2D eigenvalue weighted by Crippen LogP contribution is 2.36. The first-order valence-electron chi connectivity index (χ1n) is 7.86. The average Bonchev–Trinajstić information content (AvgIpc) is 2.46. The third-order valence-electron chi connectivity index (χ3n) is 4.20. The highest BCUT2D eigenvalue weighted by Gasteiger charge is 2.23. The van der Waals surface area contributed by atoms with E-state index in [9.17, 15) is 0 Å². The summed E-state index contributed by atoms with van der Waals surface area (Å²) < 4.78 is 0. The molecule has 0 bridgehead atoms. The molecule has 0 aliphatic heterocycles. The van der Waals surface area contributed by atoms with Gasteiger partial charge >= 0.3 is 0 Å². The van der Waals surface area contributed by atoms with Gasteiger partial charge < -0.3 is 5.32 Å². The molecule has 1 heterocycles. The van der Waals surface area contributed by atoms with Crippen LogP contribution in [0.2, 0.25) is 0 Å². The number of hydrogen-bond acceptors (Lipinski definition) is 3. The van der Waals surface area contributed by atoms with E-state index in [1.54, 1.807) is 0 Å². The Hall–Kier alpha value is -0.960. The summed E-state index contributed by atoms with van der Waals surface area (Å²) >= 11 is 0. The molecule has 19 heavy (non-hydrogen) atoms. The number of aromatic nitrogens is 2. The summed E-state index contributed by atoms with van der Waals surface area (Å²) in [6.07, 6.45) is 9.91. The highest BCUT2D eigenvalue weighted by molar-refractivity contribution is 5.06. The molecular weight excluding hydrogens is 234 g/mol. The lowest BCUT2D eigenvalue weighted by molar-refractivity contribution is 0.302. The van der Waals surface area contributed by atoms with Crippen molar-refractivity contribution in [3.8, 4) is 0 Å². The smallest absolute Gasteiger partial charge is 0.131 e.